The smallest absolute Gasteiger partial charge is 0.279 e. The van der Waals surface area contributed by atoms with E-state index in [0.717, 1.165) is 6.42 Å². The van der Waals surface area contributed by atoms with Crippen LogP contribution in [0.15, 0.2) is 42.5 Å². The van der Waals surface area contributed by atoms with Gasteiger partial charge in [-0.25, -0.2) is 0 Å². The van der Waals surface area contributed by atoms with Gasteiger partial charge in [0.05, 0.1) is 11.3 Å². The molecule has 0 radical (unpaired) electrons. The molecule has 136 valence electrons. The number of nitrogens with one attached hydrogen (secondary N) is 1. The molecule has 0 fully saturated rings. The Morgan fingerprint density at radius 2 is 1.92 bits per heavy atom. The Kier molecular flexibility index (Phi) is 7.20. The van der Waals surface area contributed by atoms with Gasteiger partial charge in [-0.1, -0.05) is 56.6 Å². The second-order valence-electron chi connectivity index (χ2n) is 6.65. The van der Waals surface area contributed by atoms with Crippen LogP contribution in [0.3, 0.4) is 0 Å². The zero-order chi connectivity index (χ0) is 19.1. The summed E-state index contributed by atoms with van der Waals surface area (Å²) in [5.41, 5.74) is 3.37. The summed E-state index contributed by atoms with van der Waals surface area (Å²) < 4.78 is 0. The van der Waals surface area contributed by atoms with E-state index in [9.17, 15) is 4.79 Å². The van der Waals surface area contributed by atoms with Crippen LogP contribution in [-0.2, 0) is 11.2 Å². The summed E-state index contributed by atoms with van der Waals surface area (Å²) >= 11 is 5.96. The lowest BCUT2D eigenvalue weighted by molar-refractivity contribution is -0.692. The highest BCUT2D eigenvalue weighted by molar-refractivity contribution is 6.31. The number of benzene rings is 2. The first-order valence-electron chi connectivity index (χ1n) is 8.86. The Labute approximate surface area is 160 Å². The van der Waals surface area contributed by atoms with Crippen molar-refractivity contribution in [1.29, 1.82) is 5.26 Å². The van der Waals surface area contributed by atoms with Gasteiger partial charge in [-0.2, -0.15) is 5.26 Å². The molecule has 2 rings (SSSR count). The minimum absolute atomic E-state index is 0.153. The molecule has 4 nitrogen and oxygen atoms in total. The van der Waals surface area contributed by atoms with Crippen LogP contribution in [0.4, 0.5) is 5.69 Å². The SMILES string of the molecule is CCc1ccc([C@@H]([NH2+]CC(=O)Nc2cc(Cl)ccc2C#N)C(C)C)cc1. The maximum Gasteiger partial charge on any atom is 0.279 e. The third-order valence-corrected chi connectivity index (χ3v) is 4.66. The van der Waals surface area contributed by atoms with Gasteiger partial charge < -0.3 is 10.6 Å². The molecule has 0 unspecified atom stereocenters. The first kappa shape index (κ1) is 20.0. The fraction of sp³-hybridized carbons (Fsp3) is 0.333. The number of rotatable bonds is 7. The number of quaternary nitrogens is 1. The normalized spacial score (nSPS) is 11.8. The van der Waals surface area contributed by atoms with Crippen molar-refractivity contribution >= 4 is 23.2 Å². The highest BCUT2D eigenvalue weighted by Crippen LogP contribution is 2.21. The van der Waals surface area contributed by atoms with E-state index in [1.807, 2.05) is 5.32 Å². The standard InChI is InChI=1S/C21H24ClN3O/c1-4-15-5-7-16(8-6-15)21(14(2)3)24-13-20(26)25-19-11-18(22)10-9-17(19)12-23/h5-11,14,21,24H,4,13H2,1-3H3,(H,25,26)/p+1/t21-/m0/s1. The van der Waals surface area contributed by atoms with Gasteiger partial charge in [-0.05, 0) is 30.2 Å². The molecule has 1 amide bonds. The molecule has 2 aromatic carbocycles. The lowest BCUT2D eigenvalue weighted by atomic mass is 9.95. The van der Waals surface area contributed by atoms with Crippen molar-refractivity contribution in [3.05, 3.63) is 64.2 Å². The minimum atomic E-state index is -0.153. The van der Waals surface area contributed by atoms with E-state index in [2.05, 4.69) is 56.4 Å². The molecule has 0 aromatic heterocycles. The number of anilines is 1. The van der Waals surface area contributed by atoms with E-state index in [1.54, 1.807) is 18.2 Å². The Balaban J connectivity index is 2.03. The molecular formula is C21H25ClN3O+. The van der Waals surface area contributed by atoms with Crippen LogP contribution >= 0.6 is 11.6 Å². The number of carbonyl (C=O) groups excluding carboxylic acids is 1. The lowest BCUT2D eigenvalue weighted by Crippen LogP contribution is -2.88. The van der Waals surface area contributed by atoms with Crippen molar-refractivity contribution in [2.75, 3.05) is 11.9 Å². The average molecular weight is 371 g/mol. The molecular weight excluding hydrogens is 346 g/mol. The van der Waals surface area contributed by atoms with Gasteiger partial charge in [0.1, 0.15) is 12.1 Å². The van der Waals surface area contributed by atoms with E-state index < -0.39 is 0 Å². The fourth-order valence-corrected chi connectivity index (χ4v) is 3.09. The molecule has 0 saturated heterocycles. The Hall–Kier alpha value is -2.35. The number of aryl methyl sites for hydroxylation is 1. The van der Waals surface area contributed by atoms with Crippen molar-refractivity contribution in [2.24, 2.45) is 5.92 Å². The first-order chi connectivity index (χ1) is 12.4. The molecule has 0 aliphatic heterocycles. The van der Waals surface area contributed by atoms with E-state index in [4.69, 9.17) is 16.9 Å². The second-order valence-corrected chi connectivity index (χ2v) is 7.09. The molecule has 1 atom stereocenters. The quantitative estimate of drug-likeness (QED) is 0.780. The number of amides is 1. The number of hydrogen-bond donors (Lipinski definition) is 2. The number of nitriles is 1. The number of nitrogens with two attached hydrogens (primary N) is 1. The summed E-state index contributed by atoms with van der Waals surface area (Å²) in [6.07, 6.45) is 1.01. The van der Waals surface area contributed by atoms with Crippen LogP contribution in [0.1, 0.15) is 43.5 Å². The van der Waals surface area contributed by atoms with Gasteiger partial charge in [0.15, 0.2) is 6.54 Å². The molecule has 0 heterocycles. The molecule has 0 aliphatic carbocycles. The van der Waals surface area contributed by atoms with Crippen molar-refractivity contribution < 1.29 is 10.1 Å². The summed E-state index contributed by atoms with van der Waals surface area (Å²) in [4.78, 5) is 12.4. The highest BCUT2D eigenvalue weighted by Gasteiger charge is 2.20. The summed E-state index contributed by atoms with van der Waals surface area (Å²) in [6, 6.07) is 15.7. The molecule has 5 heteroatoms. The van der Waals surface area contributed by atoms with Crippen molar-refractivity contribution in [3.63, 3.8) is 0 Å². The fourth-order valence-electron chi connectivity index (χ4n) is 2.92. The van der Waals surface area contributed by atoms with Crippen LogP contribution in [0.5, 0.6) is 0 Å². The lowest BCUT2D eigenvalue weighted by Gasteiger charge is -2.20. The molecule has 26 heavy (non-hydrogen) atoms. The predicted molar refractivity (Wildman–Crippen MR) is 105 cm³/mol. The van der Waals surface area contributed by atoms with Crippen molar-refractivity contribution in [1.82, 2.24) is 0 Å². The molecule has 3 N–H and O–H groups in total. The summed E-state index contributed by atoms with van der Waals surface area (Å²) in [5, 5.41) is 14.5. The van der Waals surface area contributed by atoms with Crippen LogP contribution in [0, 0.1) is 17.2 Å². The topological polar surface area (TPSA) is 69.5 Å². The van der Waals surface area contributed by atoms with Crippen LogP contribution < -0.4 is 10.6 Å². The van der Waals surface area contributed by atoms with Crippen molar-refractivity contribution in [3.8, 4) is 6.07 Å². The van der Waals surface area contributed by atoms with Gasteiger partial charge in [-0.15, -0.1) is 0 Å². The monoisotopic (exact) mass is 370 g/mol. The third-order valence-electron chi connectivity index (χ3n) is 4.42. The van der Waals surface area contributed by atoms with Crippen LogP contribution in [0.25, 0.3) is 0 Å². The van der Waals surface area contributed by atoms with E-state index in [1.165, 1.54) is 11.1 Å². The minimum Gasteiger partial charge on any atom is -0.332 e. The Morgan fingerprint density at radius 1 is 1.23 bits per heavy atom. The molecule has 2 aromatic rings. The van der Waals surface area contributed by atoms with Crippen LogP contribution in [0.2, 0.25) is 5.02 Å². The van der Waals surface area contributed by atoms with Gasteiger partial charge in [-0.3, -0.25) is 4.79 Å². The van der Waals surface area contributed by atoms with Gasteiger partial charge in [0.2, 0.25) is 0 Å². The van der Waals surface area contributed by atoms with E-state index in [0.29, 0.717) is 22.2 Å². The van der Waals surface area contributed by atoms with E-state index >= 15 is 0 Å². The number of nitrogens with zero attached hydrogens (tertiary/aromatic N) is 1. The maximum absolute atomic E-state index is 12.4. The van der Waals surface area contributed by atoms with Gasteiger partial charge in [0, 0.05) is 16.5 Å². The first-order valence-corrected chi connectivity index (χ1v) is 9.24. The second kappa shape index (κ2) is 9.38. The maximum atomic E-state index is 12.4. The average Bonchev–Trinajstić information content (AvgIpc) is 2.62. The number of halogens is 1. The summed E-state index contributed by atoms with van der Waals surface area (Å²) in [6.45, 7) is 6.71. The van der Waals surface area contributed by atoms with E-state index in [-0.39, 0.29) is 18.5 Å². The van der Waals surface area contributed by atoms with Gasteiger partial charge in [0.25, 0.3) is 5.91 Å². The highest BCUT2D eigenvalue weighted by atomic mass is 35.5. The van der Waals surface area contributed by atoms with Crippen LogP contribution in [-0.4, -0.2) is 12.5 Å². The predicted octanol–water partition coefficient (Wildman–Crippen LogP) is 3.67. The molecule has 0 aliphatic rings. The number of carbonyl (C=O) groups is 1. The largest absolute Gasteiger partial charge is 0.332 e. The Bertz CT molecular complexity index is 794. The summed E-state index contributed by atoms with van der Waals surface area (Å²) in [5.74, 6) is 0.232. The Morgan fingerprint density at radius 3 is 2.50 bits per heavy atom. The third kappa shape index (κ3) is 5.32. The molecule has 0 bridgehead atoms. The number of hydrogen-bond acceptors (Lipinski definition) is 2. The van der Waals surface area contributed by atoms with Gasteiger partial charge >= 0.3 is 0 Å². The molecule has 0 saturated carbocycles. The zero-order valence-electron chi connectivity index (χ0n) is 15.4. The molecule has 0 spiro atoms. The van der Waals surface area contributed by atoms with Crippen molar-refractivity contribution in [2.45, 2.75) is 33.2 Å². The zero-order valence-corrected chi connectivity index (χ0v) is 16.2. The summed E-state index contributed by atoms with van der Waals surface area (Å²) in [7, 11) is 0.